The largest absolute Gasteiger partial charge is 0.467 e. The predicted molar refractivity (Wildman–Crippen MR) is 93.0 cm³/mol. The molecule has 0 aliphatic rings. The Bertz CT molecular complexity index is 849. The molecule has 126 valence electrons. The van der Waals surface area contributed by atoms with Gasteiger partial charge >= 0.3 is 0 Å². The molecule has 0 aliphatic carbocycles. The van der Waals surface area contributed by atoms with E-state index in [1.807, 2.05) is 25.1 Å². The van der Waals surface area contributed by atoms with Crippen molar-refractivity contribution in [2.75, 3.05) is 0 Å². The highest BCUT2D eigenvalue weighted by Gasteiger charge is 2.18. The highest BCUT2D eigenvalue weighted by atomic mass is 16.4. The summed E-state index contributed by atoms with van der Waals surface area (Å²) in [4.78, 5) is 15.6. The molecule has 0 saturated heterocycles. The summed E-state index contributed by atoms with van der Waals surface area (Å²) < 4.78 is 5.18. The first-order valence-corrected chi connectivity index (χ1v) is 8.07. The average Bonchev–Trinajstić information content (AvgIpc) is 3.20. The fourth-order valence-corrected chi connectivity index (χ4v) is 2.87. The number of H-pyrrole nitrogens is 1. The van der Waals surface area contributed by atoms with E-state index in [9.17, 15) is 9.90 Å². The number of aryl methyl sites for hydroxylation is 2. The zero-order chi connectivity index (χ0) is 17.3. The monoisotopic (exact) mass is 326 g/mol. The van der Waals surface area contributed by atoms with Crippen LogP contribution in [0.5, 0.6) is 0 Å². The molecule has 24 heavy (non-hydrogen) atoms. The van der Waals surface area contributed by atoms with Crippen LogP contribution in [0.3, 0.4) is 0 Å². The fourth-order valence-electron chi connectivity index (χ4n) is 2.87. The van der Waals surface area contributed by atoms with Gasteiger partial charge in [-0.15, -0.1) is 0 Å². The van der Waals surface area contributed by atoms with E-state index in [4.69, 9.17) is 4.42 Å². The molecule has 1 aromatic carbocycles. The number of carbonyl (C=O) groups is 1. The van der Waals surface area contributed by atoms with Gasteiger partial charge in [0.15, 0.2) is 0 Å². The average molecular weight is 326 g/mol. The molecule has 1 amide bonds. The van der Waals surface area contributed by atoms with Gasteiger partial charge < -0.3 is 19.8 Å². The van der Waals surface area contributed by atoms with E-state index in [1.54, 1.807) is 12.1 Å². The number of rotatable bonds is 5. The number of aromatic amines is 1. The van der Waals surface area contributed by atoms with Crippen molar-refractivity contribution in [1.29, 1.82) is 0 Å². The second-order valence-corrected chi connectivity index (χ2v) is 6.29. The maximum Gasteiger partial charge on any atom is 0.267 e. The van der Waals surface area contributed by atoms with Crippen molar-refractivity contribution < 1.29 is 14.3 Å². The van der Waals surface area contributed by atoms with Crippen LogP contribution >= 0.6 is 0 Å². The molecule has 0 radical (unpaired) electrons. The Morgan fingerprint density at radius 1 is 1.33 bits per heavy atom. The van der Waals surface area contributed by atoms with Gasteiger partial charge in [0.25, 0.3) is 5.91 Å². The number of benzene rings is 1. The molecule has 0 saturated carbocycles. The third kappa shape index (κ3) is 3.21. The lowest BCUT2D eigenvalue weighted by Gasteiger charge is -2.16. The minimum atomic E-state index is -0.733. The standard InChI is InChI=1S/C19H22N2O3/c1-11-6-7-15-14(13(11)3)10-16(21-15)19(23)20-12(2)9-17(22)18-5-4-8-24-18/h4-8,10,12,17,21-22H,9H2,1-3H3,(H,20,23). The fraction of sp³-hybridized carbons (Fsp3) is 0.316. The van der Waals surface area contributed by atoms with Crippen LogP contribution in [0.2, 0.25) is 0 Å². The Morgan fingerprint density at radius 2 is 2.12 bits per heavy atom. The van der Waals surface area contributed by atoms with Crippen LogP contribution in [-0.2, 0) is 0 Å². The van der Waals surface area contributed by atoms with Crippen molar-refractivity contribution in [3.63, 3.8) is 0 Å². The molecule has 3 aromatic rings. The second kappa shape index (κ2) is 6.53. The quantitative estimate of drug-likeness (QED) is 0.670. The number of fused-ring (bicyclic) bond motifs is 1. The molecule has 2 atom stereocenters. The Hall–Kier alpha value is -2.53. The normalized spacial score (nSPS) is 13.8. The summed E-state index contributed by atoms with van der Waals surface area (Å²) in [7, 11) is 0. The van der Waals surface area contributed by atoms with Crippen LogP contribution in [0.4, 0.5) is 0 Å². The van der Waals surface area contributed by atoms with Gasteiger partial charge in [-0.05, 0) is 56.2 Å². The van der Waals surface area contributed by atoms with Gasteiger partial charge in [0.1, 0.15) is 17.6 Å². The Labute approximate surface area is 140 Å². The first kappa shape index (κ1) is 16.3. The maximum absolute atomic E-state index is 12.4. The minimum absolute atomic E-state index is 0.178. The number of furan rings is 1. The molecule has 2 unspecified atom stereocenters. The summed E-state index contributed by atoms with van der Waals surface area (Å²) in [6.45, 7) is 5.97. The van der Waals surface area contributed by atoms with Gasteiger partial charge in [0.05, 0.1) is 6.26 Å². The molecule has 5 nitrogen and oxygen atoms in total. The molecule has 0 fully saturated rings. The van der Waals surface area contributed by atoms with E-state index in [2.05, 4.69) is 24.1 Å². The first-order chi connectivity index (χ1) is 11.5. The minimum Gasteiger partial charge on any atom is -0.467 e. The zero-order valence-electron chi connectivity index (χ0n) is 14.1. The summed E-state index contributed by atoms with van der Waals surface area (Å²) in [5.41, 5.74) is 3.84. The molecule has 2 heterocycles. The predicted octanol–water partition coefficient (Wildman–Crippen LogP) is 3.62. The van der Waals surface area contributed by atoms with E-state index in [0.717, 1.165) is 10.9 Å². The van der Waals surface area contributed by atoms with Crippen molar-refractivity contribution in [1.82, 2.24) is 10.3 Å². The molecule has 2 aromatic heterocycles. The molecule has 3 rings (SSSR count). The van der Waals surface area contributed by atoms with E-state index >= 15 is 0 Å². The van der Waals surface area contributed by atoms with E-state index < -0.39 is 6.10 Å². The maximum atomic E-state index is 12.4. The molecule has 3 N–H and O–H groups in total. The smallest absolute Gasteiger partial charge is 0.267 e. The summed E-state index contributed by atoms with van der Waals surface area (Å²) in [6.07, 6.45) is 1.18. The van der Waals surface area contributed by atoms with Crippen molar-refractivity contribution in [3.05, 3.63) is 59.2 Å². The highest BCUT2D eigenvalue weighted by Crippen LogP contribution is 2.23. The van der Waals surface area contributed by atoms with Crippen molar-refractivity contribution in [3.8, 4) is 0 Å². The van der Waals surface area contributed by atoms with Gasteiger partial charge in [-0.25, -0.2) is 0 Å². The van der Waals surface area contributed by atoms with Crippen LogP contribution in [0, 0.1) is 13.8 Å². The molecular weight excluding hydrogens is 304 g/mol. The van der Waals surface area contributed by atoms with Gasteiger partial charge in [-0.1, -0.05) is 6.07 Å². The summed E-state index contributed by atoms with van der Waals surface area (Å²) in [5, 5.41) is 14.1. The van der Waals surface area contributed by atoms with Gasteiger partial charge in [-0.2, -0.15) is 0 Å². The van der Waals surface area contributed by atoms with Crippen LogP contribution in [0.25, 0.3) is 10.9 Å². The topological polar surface area (TPSA) is 78.3 Å². The number of carbonyl (C=O) groups excluding carboxylic acids is 1. The summed E-state index contributed by atoms with van der Waals surface area (Å²) in [6, 6.07) is 9.17. The second-order valence-electron chi connectivity index (χ2n) is 6.29. The highest BCUT2D eigenvalue weighted by molar-refractivity contribution is 5.99. The number of aromatic nitrogens is 1. The molecular formula is C19H22N2O3. The van der Waals surface area contributed by atoms with Crippen LogP contribution in [0.15, 0.2) is 41.0 Å². The van der Waals surface area contributed by atoms with Gasteiger partial charge in [-0.3, -0.25) is 4.79 Å². The van der Waals surface area contributed by atoms with Gasteiger partial charge in [0.2, 0.25) is 0 Å². The Balaban J connectivity index is 1.69. The number of hydrogen-bond donors (Lipinski definition) is 3. The number of amides is 1. The van der Waals surface area contributed by atoms with E-state index in [1.165, 1.54) is 17.4 Å². The van der Waals surface area contributed by atoms with Crippen molar-refractivity contribution in [2.24, 2.45) is 0 Å². The number of aliphatic hydroxyl groups excluding tert-OH is 1. The number of aliphatic hydroxyl groups is 1. The van der Waals surface area contributed by atoms with Crippen LogP contribution in [-0.4, -0.2) is 22.0 Å². The van der Waals surface area contributed by atoms with E-state index in [-0.39, 0.29) is 11.9 Å². The zero-order valence-corrected chi connectivity index (χ0v) is 14.1. The third-order valence-corrected chi connectivity index (χ3v) is 4.41. The Morgan fingerprint density at radius 3 is 2.83 bits per heavy atom. The summed E-state index contributed by atoms with van der Waals surface area (Å²) in [5.74, 6) is 0.329. The lowest BCUT2D eigenvalue weighted by Crippen LogP contribution is -2.33. The molecule has 0 spiro atoms. The van der Waals surface area contributed by atoms with Crippen LogP contribution < -0.4 is 5.32 Å². The SMILES string of the molecule is Cc1ccc2[nH]c(C(=O)NC(C)CC(O)c3ccco3)cc2c1C. The van der Waals surface area contributed by atoms with Crippen LogP contribution in [0.1, 0.15) is 46.8 Å². The number of nitrogens with one attached hydrogen (secondary N) is 2. The van der Waals surface area contributed by atoms with E-state index in [0.29, 0.717) is 17.9 Å². The first-order valence-electron chi connectivity index (χ1n) is 8.07. The molecule has 0 aliphatic heterocycles. The Kier molecular flexibility index (Phi) is 4.44. The lowest BCUT2D eigenvalue weighted by molar-refractivity contribution is 0.0899. The molecule has 5 heteroatoms. The third-order valence-electron chi connectivity index (χ3n) is 4.41. The lowest BCUT2D eigenvalue weighted by atomic mass is 10.1. The summed E-state index contributed by atoms with van der Waals surface area (Å²) >= 11 is 0. The van der Waals surface area contributed by atoms with Crippen molar-refractivity contribution >= 4 is 16.8 Å². The molecule has 0 bridgehead atoms. The van der Waals surface area contributed by atoms with Gasteiger partial charge in [0, 0.05) is 23.4 Å². The van der Waals surface area contributed by atoms with Crippen molar-refractivity contribution in [2.45, 2.75) is 39.3 Å². The number of hydrogen-bond acceptors (Lipinski definition) is 3.